The Morgan fingerprint density at radius 1 is 0.949 bits per heavy atom. The molecule has 0 aliphatic rings. The molecule has 0 radical (unpaired) electrons. The lowest BCUT2D eigenvalue weighted by Gasteiger charge is -2.32. The highest BCUT2D eigenvalue weighted by molar-refractivity contribution is 7.92. The standard InChI is InChI=1S/C26H24Cl2F3N3O4S/c1-17(25(36)32-2)33(15-18-11-12-22(27)23(28)13-18)24(35)16-34(39(37,38)21-9-4-3-5-10-21)20-8-6-7-19(14-20)26(29,30)31/h3-14,17H,15-16H2,1-2H3,(H,32,36)/t17-/m1/s1. The van der Waals surface area contributed by atoms with E-state index in [1.807, 2.05) is 0 Å². The van der Waals surface area contributed by atoms with Crippen molar-refractivity contribution in [3.05, 3.63) is 94.0 Å². The topological polar surface area (TPSA) is 86.8 Å². The third-order valence-corrected chi connectivity index (χ3v) is 8.35. The van der Waals surface area contributed by atoms with Crippen LogP contribution >= 0.6 is 23.2 Å². The third-order valence-electron chi connectivity index (χ3n) is 5.82. The number of alkyl halides is 3. The summed E-state index contributed by atoms with van der Waals surface area (Å²) < 4.78 is 68.2. The molecule has 7 nitrogen and oxygen atoms in total. The number of likely N-dealkylation sites (N-methyl/N-ethyl adjacent to an activating group) is 1. The van der Waals surface area contributed by atoms with E-state index in [0.717, 1.165) is 23.1 Å². The van der Waals surface area contributed by atoms with Gasteiger partial charge in [0.25, 0.3) is 10.0 Å². The van der Waals surface area contributed by atoms with Crippen molar-refractivity contribution >= 4 is 50.7 Å². The molecule has 0 unspecified atom stereocenters. The third kappa shape index (κ3) is 7.23. The summed E-state index contributed by atoms with van der Waals surface area (Å²) in [5.74, 6) is -1.38. The Labute approximate surface area is 234 Å². The Bertz CT molecular complexity index is 1450. The molecule has 0 saturated carbocycles. The van der Waals surface area contributed by atoms with Crippen LogP contribution in [-0.4, -0.2) is 44.8 Å². The number of halogens is 5. The number of carbonyl (C=O) groups is 2. The highest BCUT2D eigenvalue weighted by Crippen LogP contribution is 2.33. The fourth-order valence-corrected chi connectivity index (χ4v) is 5.46. The van der Waals surface area contributed by atoms with Crippen LogP contribution < -0.4 is 9.62 Å². The largest absolute Gasteiger partial charge is 0.416 e. The van der Waals surface area contributed by atoms with Crippen LogP contribution in [0.2, 0.25) is 10.0 Å². The molecule has 13 heteroatoms. The van der Waals surface area contributed by atoms with Crippen molar-refractivity contribution in [2.45, 2.75) is 30.6 Å². The van der Waals surface area contributed by atoms with E-state index in [1.54, 1.807) is 12.1 Å². The minimum absolute atomic E-state index is 0.161. The molecule has 0 bridgehead atoms. The maximum absolute atomic E-state index is 13.7. The lowest BCUT2D eigenvalue weighted by atomic mass is 10.1. The molecule has 3 aromatic carbocycles. The quantitative estimate of drug-likeness (QED) is 0.357. The fourth-order valence-electron chi connectivity index (χ4n) is 3.71. The molecular formula is C26H24Cl2F3N3O4S. The molecule has 1 atom stereocenters. The molecule has 0 aromatic heterocycles. The van der Waals surface area contributed by atoms with Crippen LogP contribution in [0.5, 0.6) is 0 Å². The summed E-state index contributed by atoms with van der Waals surface area (Å²) in [6.07, 6.45) is -4.75. The molecule has 0 aliphatic carbocycles. The van der Waals surface area contributed by atoms with Crippen LogP contribution in [0, 0.1) is 0 Å². The van der Waals surface area contributed by atoms with Gasteiger partial charge in [0.1, 0.15) is 12.6 Å². The van der Waals surface area contributed by atoms with E-state index >= 15 is 0 Å². The van der Waals surface area contributed by atoms with Gasteiger partial charge in [-0.1, -0.05) is 53.5 Å². The van der Waals surface area contributed by atoms with Gasteiger partial charge in [-0.15, -0.1) is 0 Å². The van der Waals surface area contributed by atoms with Gasteiger partial charge >= 0.3 is 6.18 Å². The number of benzene rings is 3. The van der Waals surface area contributed by atoms with Crippen LogP contribution in [0.4, 0.5) is 18.9 Å². The molecule has 0 aliphatic heterocycles. The first-order valence-electron chi connectivity index (χ1n) is 11.5. The highest BCUT2D eigenvalue weighted by Gasteiger charge is 2.35. The lowest BCUT2D eigenvalue weighted by molar-refractivity contribution is -0.139. The molecular weight excluding hydrogens is 578 g/mol. The van der Waals surface area contributed by atoms with E-state index in [9.17, 15) is 31.2 Å². The summed E-state index contributed by atoms with van der Waals surface area (Å²) in [5, 5.41) is 2.90. The molecule has 3 aromatic rings. The minimum atomic E-state index is -4.75. The average molecular weight is 602 g/mol. The summed E-state index contributed by atoms with van der Waals surface area (Å²) in [5.41, 5.74) is -0.971. The van der Waals surface area contributed by atoms with E-state index in [2.05, 4.69) is 5.32 Å². The van der Waals surface area contributed by atoms with Crippen molar-refractivity contribution in [2.75, 3.05) is 17.9 Å². The first-order valence-corrected chi connectivity index (χ1v) is 13.7. The minimum Gasteiger partial charge on any atom is -0.357 e. The molecule has 1 N–H and O–H groups in total. The Kier molecular flexibility index (Phi) is 9.52. The Hall–Kier alpha value is -3.28. The normalized spacial score (nSPS) is 12.5. The van der Waals surface area contributed by atoms with Crippen molar-refractivity contribution in [3.63, 3.8) is 0 Å². The number of hydrogen-bond acceptors (Lipinski definition) is 4. The van der Waals surface area contributed by atoms with Gasteiger partial charge in [-0.2, -0.15) is 13.2 Å². The SMILES string of the molecule is CNC(=O)[C@@H](C)N(Cc1ccc(Cl)c(Cl)c1)C(=O)CN(c1cccc(C(F)(F)F)c1)S(=O)(=O)c1ccccc1. The van der Waals surface area contributed by atoms with Crippen molar-refractivity contribution in [1.29, 1.82) is 0 Å². The number of nitrogens with zero attached hydrogens (tertiary/aromatic N) is 2. The van der Waals surface area contributed by atoms with Gasteiger partial charge < -0.3 is 10.2 Å². The summed E-state index contributed by atoms with van der Waals surface area (Å²) in [6, 6.07) is 14.2. The second-order valence-electron chi connectivity index (χ2n) is 8.43. The Morgan fingerprint density at radius 3 is 2.21 bits per heavy atom. The number of anilines is 1. The fraction of sp³-hybridized carbons (Fsp3) is 0.231. The van der Waals surface area contributed by atoms with Gasteiger partial charge in [0.05, 0.1) is 26.2 Å². The van der Waals surface area contributed by atoms with Crippen molar-refractivity contribution < 1.29 is 31.2 Å². The zero-order chi connectivity index (χ0) is 29.0. The van der Waals surface area contributed by atoms with E-state index in [1.165, 1.54) is 50.4 Å². The first-order chi connectivity index (χ1) is 18.3. The van der Waals surface area contributed by atoms with Crippen LogP contribution in [0.1, 0.15) is 18.1 Å². The Balaban J connectivity index is 2.09. The average Bonchev–Trinajstić information content (AvgIpc) is 2.91. The molecule has 2 amide bonds. The highest BCUT2D eigenvalue weighted by atomic mass is 35.5. The molecule has 208 valence electrons. The molecule has 0 saturated heterocycles. The molecule has 3 rings (SSSR count). The van der Waals surface area contributed by atoms with Crippen LogP contribution in [0.25, 0.3) is 0 Å². The van der Waals surface area contributed by atoms with Gasteiger partial charge in [-0.25, -0.2) is 8.42 Å². The van der Waals surface area contributed by atoms with Gasteiger partial charge in [-0.3, -0.25) is 13.9 Å². The van der Waals surface area contributed by atoms with E-state index in [-0.39, 0.29) is 27.2 Å². The number of carbonyl (C=O) groups excluding carboxylic acids is 2. The molecule has 39 heavy (non-hydrogen) atoms. The molecule has 0 heterocycles. The number of rotatable bonds is 9. The van der Waals surface area contributed by atoms with Gasteiger partial charge in [0.15, 0.2) is 0 Å². The number of sulfonamides is 1. The predicted molar refractivity (Wildman–Crippen MR) is 143 cm³/mol. The summed E-state index contributed by atoms with van der Waals surface area (Å²) in [6.45, 7) is 0.391. The number of nitrogens with one attached hydrogen (secondary N) is 1. The van der Waals surface area contributed by atoms with E-state index in [4.69, 9.17) is 23.2 Å². The van der Waals surface area contributed by atoms with Crippen molar-refractivity contribution in [1.82, 2.24) is 10.2 Å². The van der Waals surface area contributed by atoms with Gasteiger partial charge in [0, 0.05) is 13.6 Å². The summed E-state index contributed by atoms with van der Waals surface area (Å²) >= 11 is 12.1. The second-order valence-corrected chi connectivity index (χ2v) is 11.1. The van der Waals surface area contributed by atoms with Gasteiger partial charge in [0.2, 0.25) is 11.8 Å². The van der Waals surface area contributed by atoms with Crippen LogP contribution in [0.3, 0.4) is 0 Å². The monoisotopic (exact) mass is 601 g/mol. The summed E-state index contributed by atoms with van der Waals surface area (Å²) in [7, 11) is -3.13. The van der Waals surface area contributed by atoms with E-state index < -0.39 is 46.2 Å². The van der Waals surface area contributed by atoms with Crippen LogP contribution in [0.15, 0.2) is 77.7 Å². The lowest BCUT2D eigenvalue weighted by Crippen LogP contribution is -2.50. The maximum atomic E-state index is 13.7. The molecule has 0 spiro atoms. The summed E-state index contributed by atoms with van der Waals surface area (Å²) in [4.78, 5) is 27.0. The smallest absolute Gasteiger partial charge is 0.357 e. The predicted octanol–water partition coefficient (Wildman–Crippen LogP) is 5.37. The van der Waals surface area contributed by atoms with E-state index in [0.29, 0.717) is 15.9 Å². The zero-order valence-corrected chi connectivity index (χ0v) is 23.1. The van der Waals surface area contributed by atoms with Crippen molar-refractivity contribution in [2.24, 2.45) is 0 Å². The molecule has 0 fully saturated rings. The zero-order valence-electron chi connectivity index (χ0n) is 20.7. The second kappa shape index (κ2) is 12.3. The Morgan fingerprint density at radius 2 is 1.62 bits per heavy atom. The van der Waals surface area contributed by atoms with Crippen molar-refractivity contribution in [3.8, 4) is 0 Å². The maximum Gasteiger partial charge on any atom is 0.416 e. The number of hydrogen-bond donors (Lipinski definition) is 1. The number of amides is 2. The first kappa shape index (κ1) is 30.3. The van der Waals surface area contributed by atoms with Crippen LogP contribution in [-0.2, 0) is 32.3 Å². The van der Waals surface area contributed by atoms with Gasteiger partial charge in [-0.05, 0) is 55.0 Å².